The summed E-state index contributed by atoms with van der Waals surface area (Å²) in [6.07, 6.45) is 0. The highest BCUT2D eigenvalue weighted by molar-refractivity contribution is 5.33. The molecule has 0 aliphatic heterocycles. The number of hydrogen-bond acceptors (Lipinski definition) is 4. The van der Waals surface area contributed by atoms with Crippen LogP contribution in [0.15, 0.2) is 48.5 Å². The van der Waals surface area contributed by atoms with Gasteiger partial charge in [-0.1, -0.05) is 24.3 Å². The third kappa shape index (κ3) is 4.93. The molecule has 2 aromatic rings. The van der Waals surface area contributed by atoms with Crippen molar-refractivity contribution in [1.82, 2.24) is 10.6 Å². The second-order valence-corrected chi connectivity index (χ2v) is 5.82. The summed E-state index contributed by atoms with van der Waals surface area (Å²) in [5, 5.41) is 24.6. The molecule has 0 radical (unpaired) electrons. The summed E-state index contributed by atoms with van der Waals surface area (Å²) in [7, 11) is 0. The molecule has 2 N–H and O–H groups in total. The Morgan fingerprint density at radius 1 is 0.708 bits per heavy atom. The normalized spacial score (nSPS) is 12.8. The lowest BCUT2D eigenvalue weighted by Gasteiger charge is -2.17. The predicted molar refractivity (Wildman–Crippen MR) is 95.1 cm³/mol. The molecule has 0 fully saturated rings. The van der Waals surface area contributed by atoms with E-state index in [4.69, 9.17) is 10.5 Å². The van der Waals surface area contributed by atoms with E-state index in [1.165, 1.54) is 11.1 Å². The van der Waals surface area contributed by atoms with E-state index in [0.717, 1.165) is 13.1 Å². The van der Waals surface area contributed by atoms with Crippen molar-refractivity contribution in [1.29, 1.82) is 10.5 Å². The molecular weight excluding hydrogens is 296 g/mol. The average molecular weight is 318 g/mol. The maximum absolute atomic E-state index is 8.83. The maximum atomic E-state index is 8.83. The van der Waals surface area contributed by atoms with Crippen LogP contribution in [0.3, 0.4) is 0 Å². The van der Waals surface area contributed by atoms with E-state index in [-0.39, 0.29) is 12.1 Å². The van der Waals surface area contributed by atoms with E-state index in [1.54, 1.807) is 0 Å². The van der Waals surface area contributed by atoms with Gasteiger partial charge < -0.3 is 10.6 Å². The van der Waals surface area contributed by atoms with Crippen LogP contribution in [0.4, 0.5) is 0 Å². The topological polar surface area (TPSA) is 71.6 Å². The second kappa shape index (κ2) is 8.84. The average Bonchev–Trinajstić information content (AvgIpc) is 2.65. The maximum Gasteiger partial charge on any atom is 0.0991 e. The summed E-state index contributed by atoms with van der Waals surface area (Å²) in [5.74, 6) is 0. The molecule has 0 bridgehead atoms. The molecule has 0 aliphatic rings. The summed E-state index contributed by atoms with van der Waals surface area (Å²) in [4.78, 5) is 0. The highest BCUT2D eigenvalue weighted by Crippen LogP contribution is 2.14. The quantitative estimate of drug-likeness (QED) is 0.767. The molecule has 4 nitrogen and oxygen atoms in total. The van der Waals surface area contributed by atoms with Gasteiger partial charge in [-0.15, -0.1) is 0 Å². The summed E-state index contributed by atoms with van der Waals surface area (Å²) in [6.45, 7) is 5.93. The van der Waals surface area contributed by atoms with Crippen LogP contribution < -0.4 is 10.6 Å². The van der Waals surface area contributed by atoms with Crippen molar-refractivity contribution in [2.75, 3.05) is 13.1 Å². The van der Waals surface area contributed by atoms with Gasteiger partial charge in [0.25, 0.3) is 0 Å². The van der Waals surface area contributed by atoms with E-state index >= 15 is 0 Å². The molecule has 0 saturated heterocycles. The molecule has 122 valence electrons. The lowest BCUT2D eigenvalue weighted by Crippen LogP contribution is -2.30. The third-order valence-corrected chi connectivity index (χ3v) is 4.11. The first-order chi connectivity index (χ1) is 11.6. The predicted octanol–water partition coefficient (Wildman–Crippen LogP) is 3.43. The first kappa shape index (κ1) is 17.7. The molecule has 4 heteroatoms. The first-order valence-electron chi connectivity index (χ1n) is 8.11. The minimum atomic E-state index is 0.241. The smallest absolute Gasteiger partial charge is 0.0991 e. The van der Waals surface area contributed by atoms with Gasteiger partial charge in [0.15, 0.2) is 0 Å². The number of nitrogens with one attached hydrogen (secondary N) is 2. The second-order valence-electron chi connectivity index (χ2n) is 5.82. The Kier molecular flexibility index (Phi) is 6.51. The van der Waals surface area contributed by atoms with Crippen LogP contribution >= 0.6 is 0 Å². The zero-order chi connectivity index (χ0) is 17.4. The van der Waals surface area contributed by atoms with Gasteiger partial charge in [0.05, 0.1) is 23.3 Å². The largest absolute Gasteiger partial charge is 0.309 e. The molecule has 0 aromatic heterocycles. The number of rotatable bonds is 7. The molecule has 2 atom stereocenters. The fourth-order valence-electron chi connectivity index (χ4n) is 2.51. The molecule has 0 saturated carbocycles. The monoisotopic (exact) mass is 318 g/mol. The lowest BCUT2D eigenvalue weighted by molar-refractivity contribution is 0.511. The molecular formula is C20H22N4. The van der Waals surface area contributed by atoms with Crippen molar-refractivity contribution in [2.45, 2.75) is 25.9 Å². The number of hydrogen-bond donors (Lipinski definition) is 2. The fraction of sp³-hybridized carbons (Fsp3) is 0.300. The van der Waals surface area contributed by atoms with Gasteiger partial charge in [-0.05, 0) is 49.2 Å². The van der Waals surface area contributed by atoms with E-state index in [9.17, 15) is 0 Å². The minimum Gasteiger partial charge on any atom is -0.309 e. The van der Waals surface area contributed by atoms with Crippen LogP contribution in [0.25, 0.3) is 0 Å². The molecule has 0 spiro atoms. The van der Waals surface area contributed by atoms with Gasteiger partial charge in [-0.25, -0.2) is 0 Å². The number of benzene rings is 2. The SMILES string of the molecule is C[C@@H](NCCN[C@H](C)c1ccc(C#N)cc1)c1ccc(C#N)cc1. The van der Waals surface area contributed by atoms with Crippen molar-refractivity contribution in [3.05, 3.63) is 70.8 Å². The Bertz CT molecular complexity index is 655. The van der Waals surface area contributed by atoms with Gasteiger partial charge in [0.1, 0.15) is 0 Å². The standard InChI is InChI=1S/C20H22N4/c1-15(19-7-3-17(13-21)4-8-19)23-11-12-24-16(2)20-9-5-18(14-22)6-10-20/h3-10,15-16,23-24H,11-12H2,1-2H3/t15-,16-/m1/s1. The van der Waals surface area contributed by atoms with E-state index in [0.29, 0.717) is 11.1 Å². The van der Waals surface area contributed by atoms with Gasteiger partial charge in [0, 0.05) is 25.2 Å². The van der Waals surface area contributed by atoms with E-state index in [2.05, 4.69) is 36.6 Å². The Hall–Kier alpha value is -2.66. The Labute approximate surface area is 143 Å². The van der Waals surface area contributed by atoms with Crippen molar-refractivity contribution >= 4 is 0 Å². The summed E-state index contributed by atoms with van der Waals surface area (Å²) in [6, 6.07) is 20.1. The van der Waals surface area contributed by atoms with Crippen LogP contribution in [0.2, 0.25) is 0 Å². The molecule has 2 aromatic carbocycles. The Morgan fingerprint density at radius 2 is 1.04 bits per heavy atom. The van der Waals surface area contributed by atoms with Gasteiger partial charge in [0.2, 0.25) is 0 Å². The highest BCUT2D eigenvalue weighted by Gasteiger charge is 2.06. The number of nitrogens with zero attached hydrogens (tertiary/aromatic N) is 2. The zero-order valence-electron chi connectivity index (χ0n) is 14.1. The summed E-state index contributed by atoms with van der Waals surface area (Å²) < 4.78 is 0. The molecule has 24 heavy (non-hydrogen) atoms. The van der Waals surface area contributed by atoms with Gasteiger partial charge >= 0.3 is 0 Å². The fourth-order valence-corrected chi connectivity index (χ4v) is 2.51. The minimum absolute atomic E-state index is 0.241. The van der Waals surface area contributed by atoms with Crippen LogP contribution in [0.5, 0.6) is 0 Å². The van der Waals surface area contributed by atoms with Crippen LogP contribution in [0.1, 0.15) is 48.2 Å². The molecule has 2 rings (SSSR count). The van der Waals surface area contributed by atoms with Crippen molar-refractivity contribution in [3.8, 4) is 12.1 Å². The van der Waals surface area contributed by atoms with E-state index < -0.39 is 0 Å². The number of nitriles is 2. The van der Waals surface area contributed by atoms with E-state index in [1.807, 2.05) is 48.5 Å². The van der Waals surface area contributed by atoms with Crippen molar-refractivity contribution in [2.24, 2.45) is 0 Å². The van der Waals surface area contributed by atoms with Crippen molar-refractivity contribution in [3.63, 3.8) is 0 Å². The molecule has 0 amide bonds. The van der Waals surface area contributed by atoms with Gasteiger partial charge in [-0.2, -0.15) is 10.5 Å². The van der Waals surface area contributed by atoms with Crippen molar-refractivity contribution < 1.29 is 0 Å². The molecule has 0 unspecified atom stereocenters. The lowest BCUT2D eigenvalue weighted by atomic mass is 10.1. The third-order valence-electron chi connectivity index (χ3n) is 4.11. The molecule has 0 heterocycles. The van der Waals surface area contributed by atoms with Crippen LogP contribution in [0, 0.1) is 22.7 Å². The summed E-state index contributed by atoms with van der Waals surface area (Å²) >= 11 is 0. The summed E-state index contributed by atoms with van der Waals surface area (Å²) in [5.41, 5.74) is 3.72. The Balaban J connectivity index is 1.75. The zero-order valence-corrected chi connectivity index (χ0v) is 14.1. The first-order valence-corrected chi connectivity index (χ1v) is 8.11. The molecule has 0 aliphatic carbocycles. The van der Waals surface area contributed by atoms with Crippen LogP contribution in [-0.4, -0.2) is 13.1 Å². The van der Waals surface area contributed by atoms with Crippen LogP contribution in [-0.2, 0) is 0 Å². The van der Waals surface area contributed by atoms with Gasteiger partial charge in [-0.3, -0.25) is 0 Å². The Morgan fingerprint density at radius 3 is 1.33 bits per heavy atom. The highest BCUT2D eigenvalue weighted by atomic mass is 15.0.